The van der Waals surface area contributed by atoms with Gasteiger partial charge in [-0.25, -0.2) is 0 Å². The van der Waals surface area contributed by atoms with Crippen LogP contribution in [0.15, 0.2) is 0 Å². The molecule has 1 aliphatic carbocycles. The summed E-state index contributed by atoms with van der Waals surface area (Å²) in [4.78, 5) is 2.17. The number of aliphatic hydroxyl groups excluding tert-OH is 2. The molecular formula is C10H21NO2. The predicted molar refractivity (Wildman–Crippen MR) is 52.6 cm³/mol. The van der Waals surface area contributed by atoms with Crippen molar-refractivity contribution in [1.29, 1.82) is 0 Å². The lowest BCUT2D eigenvalue weighted by molar-refractivity contribution is 0.0751. The Balaban J connectivity index is 2.25. The molecule has 0 radical (unpaired) electrons. The van der Waals surface area contributed by atoms with Gasteiger partial charge in [0, 0.05) is 12.6 Å². The number of hydrogen-bond donors (Lipinski definition) is 2. The van der Waals surface area contributed by atoms with Gasteiger partial charge in [-0.05, 0) is 39.7 Å². The van der Waals surface area contributed by atoms with E-state index >= 15 is 0 Å². The first-order valence-corrected chi connectivity index (χ1v) is 5.17. The smallest absolute Gasteiger partial charge is 0.0695 e. The highest BCUT2D eigenvalue weighted by molar-refractivity contribution is 4.83. The van der Waals surface area contributed by atoms with Crippen molar-refractivity contribution in [1.82, 2.24) is 4.90 Å². The van der Waals surface area contributed by atoms with Crippen LogP contribution in [0.1, 0.15) is 32.6 Å². The molecule has 0 spiro atoms. The van der Waals surface area contributed by atoms with Crippen molar-refractivity contribution in [3.8, 4) is 0 Å². The molecule has 3 atom stereocenters. The molecule has 1 aliphatic rings. The van der Waals surface area contributed by atoms with Gasteiger partial charge in [-0.2, -0.15) is 0 Å². The monoisotopic (exact) mass is 187 g/mol. The third kappa shape index (κ3) is 3.25. The lowest BCUT2D eigenvalue weighted by Crippen LogP contribution is -2.38. The summed E-state index contributed by atoms with van der Waals surface area (Å²) in [5.74, 6) is 0. The fraction of sp³-hybridized carbons (Fsp3) is 1.00. The van der Waals surface area contributed by atoms with Crippen molar-refractivity contribution in [3.63, 3.8) is 0 Å². The largest absolute Gasteiger partial charge is 0.393 e. The molecule has 0 amide bonds. The van der Waals surface area contributed by atoms with Crippen LogP contribution in [0.3, 0.4) is 0 Å². The average Bonchev–Trinajstić information content (AvgIpc) is 2.47. The fourth-order valence-corrected chi connectivity index (χ4v) is 1.99. The van der Waals surface area contributed by atoms with Gasteiger partial charge in [-0.3, -0.25) is 0 Å². The normalized spacial score (nSPS) is 31.2. The standard InChI is InChI=1S/C10H21NO2/c1-8(12)6-7-11(2)9-4-3-5-10(9)13/h8-10,12-13H,3-7H2,1-2H3/t8?,9-,10-/m1/s1. The van der Waals surface area contributed by atoms with Crippen LogP contribution in [0, 0.1) is 0 Å². The number of likely N-dealkylation sites (N-methyl/N-ethyl adjacent to an activating group) is 1. The van der Waals surface area contributed by atoms with Crippen LogP contribution in [0.5, 0.6) is 0 Å². The van der Waals surface area contributed by atoms with Gasteiger partial charge in [0.15, 0.2) is 0 Å². The van der Waals surface area contributed by atoms with Gasteiger partial charge in [0.25, 0.3) is 0 Å². The minimum absolute atomic E-state index is 0.154. The van der Waals surface area contributed by atoms with E-state index in [9.17, 15) is 5.11 Å². The van der Waals surface area contributed by atoms with E-state index in [-0.39, 0.29) is 12.2 Å². The van der Waals surface area contributed by atoms with E-state index in [1.54, 1.807) is 6.92 Å². The van der Waals surface area contributed by atoms with Crippen molar-refractivity contribution >= 4 is 0 Å². The highest BCUT2D eigenvalue weighted by Crippen LogP contribution is 2.23. The zero-order chi connectivity index (χ0) is 9.84. The van der Waals surface area contributed by atoms with Crippen LogP contribution in [0.4, 0.5) is 0 Å². The number of aliphatic hydroxyl groups is 2. The Bertz CT molecular complexity index is 150. The fourth-order valence-electron chi connectivity index (χ4n) is 1.99. The molecule has 0 saturated heterocycles. The second-order valence-corrected chi connectivity index (χ2v) is 4.18. The Morgan fingerprint density at radius 3 is 2.62 bits per heavy atom. The van der Waals surface area contributed by atoms with Crippen molar-refractivity contribution in [2.45, 2.75) is 50.9 Å². The molecule has 0 aromatic carbocycles. The summed E-state index contributed by atoms with van der Waals surface area (Å²) in [5, 5.41) is 18.7. The van der Waals surface area contributed by atoms with Crippen LogP contribution >= 0.6 is 0 Å². The maximum Gasteiger partial charge on any atom is 0.0695 e. The second kappa shape index (κ2) is 4.94. The molecule has 1 unspecified atom stereocenters. The minimum atomic E-state index is -0.235. The maximum atomic E-state index is 9.62. The van der Waals surface area contributed by atoms with E-state index in [0.717, 1.165) is 32.2 Å². The van der Waals surface area contributed by atoms with Gasteiger partial charge in [-0.1, -0.05) is 0 Å². The maximum absolute atomic E-state index is 9.62. The molecule has 0 aromatic heterocycles. The molecule has 2 N–H and O–H groups in total. The van der Waals surface area contributed by atoms with Crippen molar-refractivity contribution in [3.05, 3.63) is 0 Å². The van der Waals surface area contributed by atoms with Crippen molar-refractivity contribution in [2.24, 2.45) is 0 Å². The molecule has 78 valence electrons. The van der Waals surface area contributed by atoms with E-state index in [1.807, 2.05) is 7.05 Å². The molecule has 0 aromatic rings. The first-order valence-electron chi connectivity index (χ1n) is 5.17. The van der Waals surface area contributed by atoms with Gasteiger partial charge >= 0.3 is 0 Å². The zero-order valence-electron chi connectivity index (χ0n) is 8.61. The Morgan fingerprint density at radius 1 is 1.46 bits per heavy atom. The summed E-state index contributed by atoms with van der Waals surface area (Å²) >= 11 is 0. The molecule has 1 rings (SSSR count). The van der Waals surface area contributed by atoms with E-state index in [2.05, 4.69) is 4.90 Å². The second-order valence-electron chi connectivity index (χ2n) is 4.18. The van der Waals surface area contributed by atoms with Gasteiger partial charge < -0.3 is 15.1 Å². The zero-order valence-corrected chi connectivity index (χ0v) is 8.61. The van der Waals surface area contributed by atoms with Crippen LogP contribution in [-0.4, -0.2) is 47.0 Å². The van der Waals surface area contributed by atoms with Crippen LogP contribution in [0.2, 0.25) is 0 Å². The highest BCUT2D eigenvalue weighted by atomic mass is 16.3. The summed E-state index contributed by atoms with van der Waals surface area (Å²) in [7, 11) is 2.03. The third-order valence-electron chi connectivity index (χ3n) is 2.91. The van der Waals surface area contributed by atoms with Crippen LogP contribution in [-0.2, 0) is 0 Å². The summed E-state index contributed by atoms with van der Waals surface area (Å²) < 4.78 is 0. The van der Waals surface area contributed by atoms with E-state index in [1.165, 1.54) is 0 Å². The Kier molecular flexibility index (Phi) is 4.16. The highest BCUT2D eigenvalue weighted by Gasteiger charge is 2.28. The molecule has 3 heteroatoms. The van der Waals surface area contributed by atoms with Gasteiger partial charge in [-0.15, -0.1) is 0 Å². The van der Waals surface area contributed by atoms with E-state index in [4.69, 9.17) is 5.11 Å². The van der Waals surface area contributed by atoms with Crippen molar-refractivity contribution < 1.29 is 10.2 Å². The Morgan fingerprint density at radius 2 is 2.15 bits per heavy atom. The molecule has 13 heavy (non-hydrogen) atoms. The first-order chi connectivity index (χ1) is 6.11. The minimum Gasteiger partial charge on any atom is -0.393 e. The lowest BCUT2D eigenvalue weighted by Gasteiger charge is -2.27. The molecule has 0 bridgehead atoms. The summed E-state index contributed by atoms with van der Waals surface area (Å²) in [6.45, 7) is 2.68. The van der Waals surface area contributed by atoms with Crippen LogP contribution in [0.25, 0.3) is 0 Å². The summed E-state index contributed by atoms with van der Waals surface area (Å²) in [6, 6.07) is 0.318. The van der Waals surface area contributed by atoms with Gasteiger partial charge in [0.2, 0.25) is 0 Å². The molecule has 1 saturated carbocycles. The molecular weight excluding hydrogens is 166 g/mol. The average molecular weight is 187 g/mol. The molecule has 0 heterocycles. The quantitative estimate of drug-likeness (QED) is 0.677. The molecule has 1 fully saturated rings. The van der Waals surface area contributed by atoms with E-state index in [0.29, 0.717) is 6.04 Å². The number of hydrogen-bond acceptors (Lipinski definition) is 3. The summed E-state index contributed by atoms with van der Waals surface area (Å²) in [5.41, 5.74) is 0. The van der Waals surface area contributed by atoms with E-state index < -0.39 is 0 Å². The molecule has 0 aliphatic heterocycles. The molecule has 3 nitrogen and oxygen atoms in total. The first kappa shape index (κ1) is 11.0. The Hall–Kier alpha value is -0.120. The Labute approximate surface area is 80.4 Å². The van der Waals surface area contributed by atoms with Crippen molar-refractivity contribution in [2.75, 3.05) is 13.6 Å². The number of nitrogens with zero attached hydrogens (tertiary/aromatic N) is 1. The third-order valence-corrected chi connectivity index (χ3v) is 2.91. The van der Waals surface area contributed by atoms with Gasteiger partial charge in [0.1, 0.15) is 0 Å². The topological polar surface area (TPSA) is 43.7 Å². The predicted octanol–water partition coefficient (Wildman–Crippen LogP) is 0.602. The van der Waals surface area contributed by atoms with Crippen LogP contribution < -0.4 is 0 Å². The SMILES string of the molecule is CC(O)CCN(C)[C@@H]1CCC[C@H]1O. The lowest BCUT2D eigenvalue weighted by atomic mass is 10.1. The number of rotatable bonds is 4. The van der Waals surface area contributed by atoms with Gasteiger partial charge in [0.05, 0.1) is 12.2 Å². The summed E-state index contributed by atoms with van der Waals surface area (Å²) in [6.07, 6.45) is 3.56.